The summed E-state index contributed by atoms with van der Waals surface area (Å²) >= 11 is 0. The molecule has 0 aliphatic rings. The van der Waals surface area contributed by atoms with E-state index in [0.717, 1.165) is 5.56 Å². The molecule has 1 aromatic heterocycles. The van der Waals surface area contributed by atoms with Crippen molar-refractivity contribution < 1.29 is 0 Å². The van der Waals surface area contributed by atoms with Crippen LogP contribution in [0.5, 0.6) is 0 Å². The summed E-state index contributed by atoms with van der Waals surface area (Å²) in [5, 5.41) is 16.0. The molecule has 0 saturated heterocycles. The number of benzene rings is 1. The van der Waals surface area contributed by atoms with Crippen LogP contribution < -0.4 is 4.90 Å². The van der Waals surface area contributed by atoms with Gasteiger partial charge in [-0.25, -0.2) is 0 Å². The molecule has 5 heteroatoms. The average Bonchev–Trinajstić information content (AvgIpc) is 2.30. The number of hydrogen-bond donors (Lipinski definition) is 0. The van der Waals surface area contributed by atoms with Crippen LogP contribution in [0, 0.1) is 6.92 Å². The number of nitrogens with zero attached hydrogens (tertiary/aromatic N) is 5. The van der Waals surface area contributed by atoms with Gasteiger partial charge in [-0.15, -0.1) is 20.4 Å². The summed E-state index contributed by atoms with van der Waals surface area (Å²) in [6.07, 6.45) is 0. The molecule has 0 amide bonds. The summed E-state index contributed by atoms with van der Waals surface area (Å²) in [6, 6.07) is 7.95. The van der Waals surface area contributed by atoms with Crippen LogP contribution >= 0.6 is 0 Å². The lowest BCUT2D eigenvalue weighted by molar-refractivity contribution is 0.830. The Bertz CT molecular complexity index is 461. The van der Waals surface area contributed by atoms with Crippen molar-refractivity contribution in [3.05, 3.63) is 29.8 Å². The highest BCUT2D eigenvalue weighted by molar-refractivity contribution is 5.54. The molecule has 0 unspecified atom stereocenters. The number of anilines is 1. The van der Waals surface area contributed by atoms with Crippen molar-refractivity contribution >= 4 is 5.95 Å². The zero-order valence-electron chi connectivity index (χ0n) is 9.55. The summed E-state index contributed by atoms with van der Waals surface area (Å²) in [5.41, 5.74) is 2.13. The van der Waals surface area contributed by atoms with E-state index in [1.807, 2.05) is 45.3 Å². The number of aryl methyl sites for hydroxylation is 1. The SMILES string of the molecule is Cc1ccc(-c2nnc(N(C)C)nn2)cc1. The van der Waals surface area contributed by atoms with Gasteiger partial charge in [0.15, 0.2) is 0 Å². The molecule has 2 aromatic rings. The van der Waals surface area contributed by atoms with E-state index in [-0.39, 0.29) is 0 Å². The second-order valence-corrected chi connectivity index (χ2v) is 3.78. The Morgan fingerprint density at radius 3 is 1.94 bits per heavy atom. The van der Waals surface area contributed by atoms with E-state index in [0.29, 0.717) is 11.8 Å². The second kappa shape index (κ2) is 4.22. The number of aromatic nitrogens is 4. The van der Waals surface area contributed by atoms with E-state index in [2.05, 4.69) is 20.4 Å². The van der Waals surface area contributed by atoms with Crippen LogP contribution in [0.1, 0.15) is 5.56 Å². The first kappa shape index (κ1) is 10.5. The van der Waals surface area contributed by atoms with Gasteiger partial charge < -0.3 is 4.90 Å². The lowest BCUT2D eigenvalue weighted by Crippen LogP contribution is -2.14. The molecule has 16 heavy (non-hydrogen) atoms. The molecule has 0 saturated carbocycles. The van der Waals surface area contributed by atoms with Crippen LogP contribution in [0.3, 0.4) is 0 Å². The smallest absolute Gasteiger partial charge is 0.264 e. The molecule has 1 aromatic carbocycles. The van der Waals surface area contributed by atoms with E-state index in [4.69, 9.17) is 0 Å². The number of hydrogen-bond acceptors (Lipinski definition) is 5. The third kappa shape index (κ3) is 2.13. The molecule has 1 heterocycles. The highest BCUT2D eigenvalue weighted by Gasteiger charge is 2.04. The fourth-order valence-electron chi connectivity index (χ4n) is 1.22. The molecule has 0 aliphatic carbocycles. The standard InChI is InChI=1S/C11H13N5/c1-8-4-6-9(7-5-8)10-12-14-11(15-13-10)16(2)3/h4-7H,1-3H3. The minimum atomic E-state index is 0.510. The van der Waals surface area contributed by atoms with Crippen LogP contribution in [-0.4, -0.2) is 34.5 Å². The van der Waals surface area contributed by atoms with Gasteiger partial charge in [0.25, 0.3) is 5.95 Å². The summed E-state index contributed by atoms with van der Waals surface area (Å²) < 4.78 is 0. The van der Waals surface area contributed by atoms with Crippen LogP contribution in [0.2, 0.25) is 0 Å². The topological polar surface area (TPSA) is 54.8 Å². The summed E-state index contributed by atoms with van der Waals surface area (Å²) in [5.74, 6) is 1.06. The highest BCUT2D eigenvalue weighted by atomic mass is 15.4. The fourth-order valence-corrected chi connectivity index (χ4v) is 1.22. The maximum absolute atomic E-state index is 4.03. The van der Waals surface area contributed by atoms with Crippen LogP contribution in [0.15, 0.2) is 24.3 Å². The van der Waals surface area contributed by atoms with Crippen LogP contribution in [0.4, 0.5) is 5.95 Å². The van der Waals surface area contributed by atoms with Crippen molar-refractivity contribution in [3.8, 4) is 11.4 Å². The minimum absolute atomic E-state index is 0.510. The molecule has 0 bridgehead atoms. The van der Waals surface area contributed by atoms with Crippen LogP contribution in [0.25, 0.3) is 11.4 Å². The molecule has 0 spiro atoms. The quantitative estimate of drug-likeness (QED) is 0.756. The van der Waals surface area contributed by atoms with Gasteiger partial charge in [-0.1, -0.05) is 29.8 Å². The first-order valence-electron chi connectivity index (χ1n) is 4.98. The Morgan fingerprint density at radius 2 is 1.44 bits per heavy atom. The molecule has 0 fully saturated rings. The van der Waals surface area contributed by atoms with Gasteiger partial charge >= 0.3 is 0 Å². The van der Waals surface area contributed by atoms with Gasteiger partial charge in [0.05, 0.1) is 0 Å². The van der Waals surface area contributed by atoms with Gasteiger partial charge in [0.2, 0.25) is 5.82 Å². The van der Waals surface area contributed by atoms with Crippen molar-refractivity contribution in [2.24, 2.45) is 0 Å². The largest absolute Gasteiger partial charge is 0.344 e. The second-order valence-electron chi connectivity index (χ2n) is 3.78. The maximum Gasteiger partial charge on any atom is 0.264 e. The van der Waals surface area contributed by atoms with Gasteiger partial charge in [-0.3, -0.25) is 0 Å². The summed E-state index contributed by atoms with van der Waals surface area (Å²) in [7, 11) is 3.70. The number of rotatable bonds is 2. The lowest BCUT2D eigenvalue weighted by Gasteiger charge is -2.07. The molecule has 0 atom stereocenters. The van der Waals surface area contributed by atoms with Crippen molar-refractivity contribution in [2.45, 2.75) is 6.92 Å². The molecule has 82 valence electrons. The predicted molar refractivity (Wildman–Crippen MR) is 62.1 cm³/mol. The third-order valence-electron chi connectivity index (χ3n) is 2.18. The van der Waals surface area contributed by atoms with Crippen molar-refractivity contribution in [3.63, 3.8) is 0 Å². The normalized spacial score (nSPS) is 10.2. The Kier molecular flexibility index (Phi) is 2.76. The zero-order chi connectivity index (χ0) is 11.5. The Morgan fingerprint density at radius 1 is 0.875 bits per heavy atom. The molecule has 2 rings (SSSR count). The van der Waals surface area contributed by atoms with Gasteiger partial charge in [0.1, 0.15) is 0 Å². The van der Waals surface area contributed by atoms with E-state index < -0.39 is 0 Å². The van der Waals surface area contributed by atoms with Crippen LogP contribution in [-0.2, 0) is 0 Å². The first-order valence-corrected chi connectivity index (χ1v) is 4.98. The van der Waals surface area contributed by atoms with Gasteiger partial charge in [-0.2, -0.15) is 0 Å². The molecule has 0 radical (unpaired) electrons. The van der Waals surface area contributed by atoms with Crippen molar-refractivity contribution in [1.29, 1.82) is 0 Å². The molecule has 0 N–H and O–H groups in total. The third-order valence-corrected chi connectivity index (χ3v) is 2.18. The first-order chi connectivity index (χ1) is 7.66. The van der Waals surface area contributed by atoms with E-state index in [1.54, 1.807) is 4.90 Å². The molecular weight excluding hydrogens is 202 g/mol. The Hall–Kier alpha value is -2.04. The van der Waals surface area contributed by atoms with E-state index >= 15 is 0 Å². The molecule has 0 aliphatic heterocycles. The monoisotopic (exact) mass is 215 g/mol. The zero-order valence-corrected chi connectivity index (χ0v) is 9.55. The fraction of sp³-hybridized carbons (Fsp3) is 0.273. The minimum Gasteiger partial charge on any atom is -0.344 e. The van der Waals surface area contributed by atoms with E-state index in [1.165, 1.54) is 5.56 Å². The Balaban J connectivity index is 2.31. The average molecular weight is 215 g/mol. The van der Waals surface area contributed by atoms with Crippen molar-refractivity contribution in [2.75, 3.05) is 19.0 Å². The predicted octanol–water partition coefficient (Wildman–Crippen LogP) is 1.31. The van der Waals surface area contributed by atoms with Crippen molar-refractivity contribution in [1.82, 2.24) is 20.4 Å². The maximum atomic E-state index is 4.03. The molecule has 5 nitrogen and oxygen atoms in total. The van der Waals surface area contributed by atoms with Gasteiger partial charge in [0, 0.05) is 19.7 Å². The Labute approximate surface area is 94.2 Å². The molecular formula is C11H13N5. The van der Waals surface area contributed by atoms with Gasteiger partial charge in [-0.05, 0) is 6.92 Å². The summed E-state index contributed by atoms with van der Waals surface area (Å²) in [4.78, 5) is 1.76. The highest BCUT2D eigenvalue weighted by Crippen LogP contribution is 2.13. The van der Waals surface area contributed by atoms with E-state index in [9.17, 15) is 0 Å². The lowest BCUT2D eigenvalue weighted by atomic mass is 10.1. The summed E-state index contributed by atoms with van der Waals surface area (Å²) in [6.45, 7) is 2.04.